The third-order valence-electron chi connectivity index (χ3n) is 6.85. The first-order valence-corrected chi connectivity index (χ1v) is 7.93. The highest BCUT2D eigenvalue weighted by atomic mass is 32.2. The molecule has 0 N–H and O–H groups in total. The fourth-order valence-electron chi connectivity index (χ4n) is 6.56. The predicted molar refractivity (Wildman–Crippen MR) is 70.6 cm³/mol. The van der Waals surface area contributed by atoms with Crippen molar-refractivity contribution in [2.45, 2.75) is 22.3 Å². The molecule has 17 heavy (non-hydrogen) atoms. The maximum atomic E-state index is 2.57. The van der Waals surface area contributed by atoms with Crippen LogP contribution in [0.1, 0.15) is 12.8 Å². The molecule has 0 spiro atoms. The first-order valence-electron chi connectivity index (χ1n) is 7.11. The molecule has 0 aromatic carbocycles. The van der Waals surface area contributed by atoms with Gasteiger partial charge >= 0.3 is 0 Å². The van der Waals surface area contributed by atoms with E-state index in [2.05, 4.69) is 48.2 Å². The van der Waals surface area contributed by atoms with Crippen molar-refractivity contribution in [3.63, 3.8) is 0 Å². The first kappa shape index (κ1) is 8.63. The maximum Gasteiger partial charge on any atom is 0.0418 e. The van der Waals surface area contributed by atoms with Crippen LogP contribution in [0.4, 0.5) is 0 Å². The summed E-state index contributed by atoms with van der Waals surface area (Å²) in [6, 6.07) is 0. The molecule has 0 amide bonds. The lowest BCUT2D eigenvalue weighted by atomic mass is 9.64. The molecule has 1 aliphatic heterocycles. The van der Waals surface area contributed by atoms with Gasteiger partial charge in [0.2, 0.25) is 0 Å². The zero-order valence-corrected chi connectivity index (χ0v) is 10.6. The second-order valence-electron chi connectivity index (χ2n) is 6.90. The quantitative estimate of drug-likeness (QED) is 0.462. The van der Waals surface area contributed by atoms with Crippen LogP contribution in [0, 0.1) is 35.5 Å². The summed E-state index contributed by atoms with van der Waals surface area (Å²) < 4.78 is 1.43. The van der Waals surface area contributed by atoms with Gasteiger partial charge in [-0.25, -0.2) is 0 Å². The zero-order valence-electron chi connectivity index (χ0n) is 9.75. The predicted octanol–water partition coefficient (Wildman–Crippen LogP) is 3.42. The van der Waals surface area contributed by atoms with E-state index in [1.807, 2.05) is 0 Å². The molecule has 6 rings (SSSR count). The summed E-state index contributed by atoms with van der Waals surface area (Å²) in [4.78, 5) is 0. The molecule has 4 bridgehead atoms. The number of hydrogen-bond donors (Lipinski definition) is 0. The van der Waals surface area contributed by atoms with Crippen LogP contribution in [0.3, 0.4) is 0 Å². The molecule has 8 atom stereocenters. The zero-order chi connectivity index (χ0) is 10.8. The van der Waals surface area contributed by atoms with Crippen molar-refractivity contribution < 1.29 is 0 Å². The number of allylic oxidation sites excluding steroid dienone is 6. The molecule has 0 unspecified atom stereocenters. The minimum absolute atomic E-state index is 0.716. The van der Waals surface area contributed by atoms with Crippen LogP contribution in [0.2, 0.25) is 0 Å². The number of hydrogen-bond acceptors (Lipinski definition) is 1. The van der Waals surface area contributed by atoms with Gasteiger partial charge in [0.15, 0.2) is 0 Å². The average Bonchev–Trinajstić information content (AvgIpc) is 2.80. The van der Waals surface area contributed by atoms with Crippen LogP contribution >= 0.6 is 11.8 Å². The Morgan fingerprint density at radius 2 is 1.35 bits per heavy atom. The lowest BCUT2D eigenvalue weighted by molar-refractivity contribution is 0.234. The molecule has 0 aromatic heterocycles. The van der Waals surface area contributed by atoms with E-state index in [9.17, 15) is 0 Å². The Balaban J connectivity index is 1.60. The van der Waals surface area contributed by atoms with Gasteiger partial charge in [0, 0.05) is 9.49 Å². The summed E-state index contributed by atoms with van der Waals surface area (Å²) in [7, 11) is 0. The van der Waals surface area contributed by atoms with E-state index in [1.165, 1.54) is 12.8 Å². The summed E-state index contributed by atoms with van der Waals surface area (Å²) in [5.74, 6) is 5.66. The maximum absolute atomic E-state index is 2.57. The molecule has 1 heterocycles. The molecular formula is C16H16S. The Morgan fingerprint density at radius 3 is 1.94 bits per heavy atom. The van der Waals surface area contributed by atoms with Crippen molar-refractivity contribution in [1.29, 1.82) is 0 Å². The number of thioether (sulfide) groups is 1. The normalized spacial score (nSPS) is 70.6. The molecule has 0 nitrogen and oxygen atoms in total. The van der Waals surface area contributed by atoms with Gasteiger partial charge < -0.3 is 0 Å². The van der Waals surface area contributed by atoms with Crippen molar-refractivity contribution >= 4 is 11.8 Å². The molecule has 0 radical (unpaired) electrons. The summed E-state index contributed by atoms with van der Waals surface area (Å²) in [6.07, 6.45) is 17.8. The fraction of sp³-hybridized carbons (Fsp3) is 0.625. The first-order chi connectivity index (χ1) is 8.38. The van der Waals surface area contributed by atoms with Crippen LogP contribution in [0.15, 0.2) is 36.5 Å². The van der Waals surface area contributed by atoms with E-state index in [4.69, 9.17) is 0 Å². The van der Waals surface area contributed by atoms with Crippen LogP contribution in [0.25, 0.3) is 0 Å². The topological polar surface area (TPSA) is 0 Å². The summed E-state index contributed by atoms with van der Waals surface area (Å²) in [6.45, 7) is 0. The highest BCUT2D eigenvalue weighted by Gasteiger charge is 2.90. The van der Waals surface area contributed by atoms with E-state index in [0.717, 1.165) is 35.5 Å². The molecule has 6 aliphatic rings. The minimum Gasteiger partial charge on any atom is -0.143 e. The Morgan fingerprint density at radius 1 is 0.765 bits per heavy atom. The van der Waals surface area contributed by atoms with Gasteiger partial charge in [-0.1, -0.05) is 36.5 Å². The van der Waals surface area contributed by atoms with E-state index >= 15 is 0 Å². The van der Waals surface area contributed by atoms with Crippen molar-refractivity contribution in [1.82, 2.24) is 0 Å². The van der Waals surface area contributed by atoms with Gasteiger partial charge in [-0.15, -0.1) is 11.8 Å². The van der Waals surface area contributed by atoms with Crippen molar-refractivity contribution in [2.75, 3.05) is 0 Å². The molecule has 1 saturated heterocycles. The van der Waals surface area contributed by atoms with Gasteiger partial charge in [-0.3, -0.25) is 0 Å². The summed E-state index contributed by atoms with van der Waals surface area (Å²) in [5.41, 5.74) is 0. The smallest absolute Gasteiger partial charge is 0.0418 e. The van der Waals surface area contributed by atoms with Gasteiger partial charge in [-0.05, 0) is 48.3 Å². The Kier molecular flexibility index (Phi) is 1.13. The third-order valence-corrected chi connectivity index (χ3v) is 9.21. The summed E-state index contributed by atoms with van der Waals surface area (Å²) in [5, 5.41) is 0. The van der Waals surface area contributed by atoms with Crippen LogP contribution in [-0.2, 0) is 0 Å². The molecule has 3 saturated carbocycles. The molecule has 86 valence electrons. The molecule has 5 aliphatic carbocycles. The van der Waals surface area contributed by atoms with Crippen LogP contribution in [0.5, 0.6) is 0 Å². The highest BCUT2D eigenvalue weighted by Crippen LogP contribution is 2.92. The molecule has 0 aromatic rings. The lowest BCUT2D eigenvalue weighted by Gasteiger charge is -2.38. The van der Waals surface area contributed by atoms with E-state index in [-0.39, 0.29) is 0 Å². The minimum atomic E-state index is 0.716. The number of fused-ring (bicyclic) bond motifs is 7. The summed E-state index contributed by atoms with van der Waals surface area (Å²) >= 11 is 2.41. The van der Waals surface area contributed by atoms with Gasteiger partial charge in [0.05, 0.1) is 0 Å². The molecular weight excluding hydrogens is 224 g/mol. The van der Waals surface area contributed by atoms with E-state index < -0.39 is 0 Å². The van der Waals surface area contributed by atoms with Crippen molar-refractivity contribution in [3.05, 3.63) is 36.5 Å². The monoisotopic (exact) mass is 240 g/mol. The standard InChI is InChI=1S/C16H16S/c1-2-4-12-11(3-1)13-8-14(12)16-10-6-5-9(7-10)15(13,16)17-16/h1-6,9-14H,7-8H2/t9-,10+,11-,12+,13-,14+,15-,16+. The molecule has 4 fully saturated rings. The van der Waals surface area contributed by atoms with Gasteiger partial charge in [0.25, 0.3) is 0 Å². The van der Waals surface area contributed by atoms with E-state index in [0.29, 0.717) is 9.49 Å². The largest absolute Gasteiger partial charge is 0.143 e. The van der Waals surface area contributed by atoms with Crippen molar-refractivity contribution in [2.24, 2.45) is 35.5 Å². The lowest BCUT2D eigenvalue weighted by Crippen LogP contribution is -2.43. The number of rotatable bonds is 0. The van der Waals surface area contributed by atoms with Gasteiger partial charge in [-0.2, -0.15) is 0 Å². The van der Waals surface area contributed by atoms with Crippen molar-refractivity contribution in [3.8, 4) is 0 Å². The molecule has 1 heteroatoms. The van der Waals surface area contributed by atoms with Crippen LogP contribution < -0.4 is 0 Å². The Labute approximate surface area is 106 Å². The van der Waals surface area contributed by atoms with Crippen LogP contribution in [-0.4, -0.2) is 9.49 Å². The van der Waals surface area contributed by atoms with Gasteiger partial charge in [0.1, 0.15) is 0 Å². The second-order valence-corrected chi connectivity index (χ2v) is 8.45. The van der Waals surface area contributed by atoms with E-state index in [1.54, 1.807) is 0 Å². The Hall–Kier alpha value is -0.430. The second kappa shape index (κ2) is 2.22. The average molecular weight is 240 g/mol. The SMILES string of the molecule is C1=C[C@@H]2[C@H](C=C1)[C@@H]1C[C@H]2[C@@]23S[C@@]12[C@H]1C=C[C@@H]3C1. The highest BCUT2D eigenvalue weighted by molar-refractivity contribution is 8.10. The third kappa shape index (κ3) is 0.610. The fourth-order valence-corrected chi connectivity index (χ4v) is 9.13. The Bertz CT molecular complexity index is 486.